The second-order valence-electron chi connectivity index (χ2n) is 6.91. The van der Waals surface area contributed by atoms with E-state index in [1.807, 2.05) is 60.7 Å². The summed E-state index contributed by atoms with van der Waals surface area (Å²) in [6.07, 6.45) is 0. The van der Waals surface area contributed by atoms with Crippen LogP contribution in [0.5, 0.6) is 5.88 Å². The number of benzene rings is 3. The summed E-state index contributed by atoms with van der Waals surface area (Å²) in [7, 11) is 0. The molecule has 29 heavy (non-hydrogen) atoms. The Kier molecular flexibility index (Phi) is 4.18. The van der Waals surface area contributed by atoms with E-state index < -0.39 is 5.82 Å². The van der Waals surface area contributed by atoms with Gasteiger partial charge >= 0.3 is 0 Å². The van der Waals surface area contributed by atoms with E-state index in [-0.39, 0.29) is 17.2 Å². The van der Waals surface area contributed by atoms with Gasteiger partial charge in [0.05, 0.1) is 22.5 Å². The molecule has 0 unspecified atom stereocenters. The van der Waals surface area contributed by atoms with Gasteiger partial charge in [0.15, 0.2) is 0 Å². The molecule has 3 nitrogen and oxygen atoms in total. The molecule has 0 atom stereocenters. The van der Waals surface area contributed by atoms with Gasteiger partial charge in [-0.3, -0.25) is 4.79 Å². The highest BCUT2D eigenvalue weighted by Gasteiger charge is 2.25. The van der Waals surface area contributed by atoms with E-state index in [9.17, 15) is 14.3 Å². The van der Waals surface area contributed by atoms with E-state index in [1.165, 1.54) is 23.5 Å². The molecule has 0 saturated carbocycles. The second kappa shape index (κ2) is 6.87. The molecule has 5 heteroatoms. The van der Waals surface area contributed by atoms with Crippen LogP contribution in [-0.4, -0.2) is 15.5 Å². The van der Waals surface area contributed by atoms with Gasteiger partial charge in [0.25, 0.3) is 0 Å². The van der Waals surface area contributed by atoms with Crippen molar-refractivity contribution >= 4 is 38.1 Å². The van der Waals surface area contributed by atoms with Crippen LogP contribution in [0.3, 0.4) is 0 Å². The maximum atomic E-state index is 14.0. The zero-order valence-corrected chi connectivity index (χ0v) is 16.1. The molecule has 0 saturated heterocycles. The topological polar surface area (TPSA) is 42.2 Å². The summed E-state index contributed by atoms with van der Waals surface area (Å²) in [5, 5.41) is 12.4. The Morgan fingerprint density at radius 1 is 0.966 bits per heavy atom. The number of aromatic hydroxyl groups is 1. The Morgan fingerprint density at radius 3 is 2.52 bits per heavy atom. The van der Waals surface area contributed by atoms with Gasteiger partial charge in [-0.15, -0.1) is 11.3 Å². The summed E-state index contributed by atoms with van der Waals surface area (Å²) in [5.74, 6) is -0.886. The molecule has 0 bridgehead atoms. The van der Waals surface area contributed by atoms with Crippen LogP contribution >= 0.6 is 11.3 Å². The fraction of sp³-hybridized carbons (Fsp3) is 0.0417. The molecule has 0 amide bonds. The quantitative estimate of drug-likeness (QED) is 0.377. The van der Waals surface area contributed by atoms with Crippen molar-refractivity contribution < 1.29 is 14.3 Å². The molecular weight excluding hydrogens is 385 g/mol. The first kappa shape index (κ1) is 17.6. The number of halogens is 1. The predicted octanol–water partition coefficient (Wildman–Crippen LogP) is 5.98. The molecule has 0 aliphatic rings. The lowest BCUT2D eigenvalue weighted by Gasteiger charge is -2.07. The summed E-state index contributed by atoms with van der Waals surface area (Å²) in [4.78, 5) is 13.9. The van der Waals surface area contributed by atoms with Gasteiger partial charge in [0.1, 0.15) is 5.82 Å². The number of fused-ring (bicyclic) bond motifs is 2. The summed E-state index contributed by atoms with van der Waals surface area (Å²) in [5.41, 5.74) is 1.74. The maximum absolute atomic E-state index is 14.0. The van der Waals surface area contributed by atoms with Crippen molar-refractivity contribution in [3.05, 3.63) is 101 Å². The normalized spacial score (nSPS) is 11.3. The van der Waals surface area contributed by atoms with E-state index in [0.717, 1.165) is 15.6 Å². The molecule has 0 spiro atoms. The number of rotatable bonds is 4. The minimum absolute atomic E-state index is 0.141. The molecule has 2 aromatic heterocycles. The molecule has 5 rings (SSSR count). The Labute approximate surface area is 170 Å². The van der Waals surface area contributed by atoms with Crippen LogP contribution in [0, 0.1) is 5.82 Å². The summed E-state index contributed by atoms with van der Waals surface area (Å²) >= 11 is 1.37. The predicted molar refractivity (Wildman–Crippen MR) is 114 cm³/mol. The van der Waals surface area contributed by atoms with Crippen molar-refractivity contribution in [3.8, 4) is 5.88 Å². The summed E-state index contributed by atoms with van der Waals surface area (Å²) in [6, 6.07) is 23.5. The zero-order valence-electron chi connectivity index (χ0n) is 15.3. The first-order valence-electron chi connectivity index (χ1n) is 9.20. The van der Waals surface area contributed by atoms with Gasteiger partial charge in [-0.25, -0.2) is 4.39 Å². The smallest absolute Gasteiger partial charge is 0.209 e. The molecule has 5 aromatic rings. The molecule has 0 aliphatic carbocycles. The van der Waals surface area contributed by atoms with Gasteiger partial charge in [-0.1, -0.05) is 48.5 Å². The van der Waals surface area contributed by atoms with Gasteiger partial charge < -0.3 is 9.67 Å². The highest BCUT2D eigenvalue weighted by Crippen LogP contribution is 2.36. The number of carbonyl (C=O) groups is 1. The molecule has 0 aliphatic heterocycles. The van der Waals surface area contributed by atoms with E-state index >= 15 is 0 Å². The Hall–Kier alpha value is -3.44. The summed E-state index contributed by atoms with van der Waals surface area (Å²) < 4.78 is 16.7. The Bertz CT molecular complexity index is 1340. The first-order valence-corrected chi connectivity index (χ1v) is 10.0. The first-order chi connectivity index (χ1) is 14.1. The number of hydrogen-bond donors (Lipinski definition) is 1. The Balaban J connectivity index is 1.69. The molecule has 2 heterocycles. The monoisotopic (exact) mass is 401 g/mol. The second-order valence-corrected chi connectivity index (χ2v) is 7.99. The highest BCUT2D eigenvalue weighted by molar-refractivity contribution is 7.21. The average Bonchev–Trinajstić information content (AvgIpc) is 3.28. The standard InChI is InChI=1S/C24H16FNO2S/c25-17-10-11-19-18(13-17)22(24(28)26(19)14-15-6-2-1-3-7-15)23(27)21-12-16-8-4-5-9-20(16)29-21/h1-13,28H,14H2. The molecule has 3 aromatic carbocycles. The fourth-order valence-corrected chi connectivity index (χ4v) is 4.69. The van der Waals surface area contributed by atoms with Crippen LogP contribution in [0.2, 0.25) is 0 Å². The van der Waals surface area contributed by atoms with Gasteiger partial charge in [0.2, 0.25) is 11.7 Å². The van der Waals surface area contributed by atoms with Gasteiger partial charge in [0, 0.05) is 10.1 Å². The van der Waals surface area contributed by atoms with Crippen LogP contribution in [0.25, 0.3) is 21.0 Å². The van der Waals surface area contributed by atoms with Gasteiger partial charge in [-0.2, -0.15) is 0 Å². The van der Waals surface area contributed by atoms with E-state index in [0.29, 0.717) is 22.3 Å². The molecule has 0 fully saturated rings. The Morgan fingerprint density at radius 2 is 1.72 bits per heavy atom. The van der Waals surface area contributed by atoms with Crippen LogP contribution in [0.15, 0.2) is 78.9 Å². The third-order valence-electron chi connectivity index (χ3n) is 5.06. The fourth-order valence-electron chi connectivity index (χ4n) is 3.68. The van der Waals surface area contributed by atoms with Crippen molar-refractivity contribution in [1.29, 1.82) is 0 Å². The molecule has 1 N–H and O–H groups in total. The van der Waals surface area contributed by atoms with E-state index in [4.69, 9.17) is 0 Å². The number of ketones is 1. The SMILES string of the molecule is O=C(c1cc2ccccc2s1)c1c(O)n(Cc2ccccc2)c2ccc(F)cc12. The lowest BCUT2D eigenvalue weighted by Crippen LogP contribution is -2.01. The minimum atomic E-state index is -0.445. The van der Waals surface area contributed by atoms with Crippen LogP contribution in [0.1, 0.15) is 20.8 Å². The lowest BCUT2D eigenvalue weighted by atomic mass is 10.1. The number of carbonyl (C=O) groups excluding carboxylic acids is 1. The van der Waals surface area contributed by atoms with E-state index in [1.54, 1.807) is 10.6 Å². The average molecular weight is 401 g/mol. The lowest BCUT2D eigenvalue weighted by molar-refractivity contribution is 0.104. The zero-order chi connectivity index (χ0) is 20.0. The number of nitrogens with zero attached hydrogens (tertiary/aromatic N) is 1. The van der Waals surface area contributed by atoms with Crippen molar-refractivity contribution in [3.63, 3.8) is 0 Å². The van der Waals surface area contributed by atoms with Crippen LogP contribution in [-0.2, 0) is 6.54 Å². The molecule has 142 valence electrons. The maximum Gasteiger partial charge on any atom is 0.209 e. The third-order valence-corrected chi connectivity index (χ3v) is 6.17. The number of hydrogen-bond acceptors (Lipinski definition) is 3. The highest BCUT2D eigenvalue weighted by atomic mass is 32.1. The van der Waals surface area contributed by atoms with Crippen molar-refractivity contribution in [2.45, 2.75) is 6.54 Å². The summed E-state index contributed by atoms with van der Waals surface area (Å²) in [6.45, 7) is 0.383. The molecular formula is C24H16FNO2S. The van der Waals surface area contributed by atoms with Crippen LogP contribution in [0.4, 0.5) is 4.39 Å². The largest absolute Gasteiger partial charge is 0.494 e. The number of thiophene rings is 1. The third kappa shape index (κ3) is 3.00. The minimum Gasteiger partial charge on any atom is -0.494 e. The number of aromatic nitrogens is 1. The van der Waals surface area contributed by atoms with Crippen LogP contribution < -0.4 is 0 Å². The van der Waals surface area contributed by atoms with E-state index in [2.05, 4.69) is 0 Å². The van der Waals surface area contributed by atoms with Crippen molar-refractivity contribution in [2.24, 2.45) is 0 Å². The molecule has 0 radical (unpaired) electrons. The van der Waals surface area contributed by atoms with Crippen molar-refractivity contribution in [1.82, 2.24) is 4.57 Å². The van der Waals surface area contributed by atoms with Gasteiger partial charge in [-0.05, 0) is 41.3 Å². The van der Waals surface area contributed by atoms with Crippen molar-refractivity contribution in [2.75, 3.05) is 0 Å².